The van der Waals surface area contributed by atoms with Crippen molar-refractivity contribution in [1.82, 2.24) is 15.2 Å². The lowest BCUT2D eigenvalue weighted by molar-refractivity contribution is -0.133. The molecule has 0 bridgehead atoms. The molecule has 1 saturated heterocycles. The van der Waals surface area contributed by atoms with Crippen LogP contribution in [0.15, 0.2) is 48.8 Å². The molecular formula is C19H24ClN3O. The molecule has 2 heterocycles. The van der Waals surface area contributed by atoms with Crippen LogP contribution in [0.3, 0.4) is 0 Å². The van der Waals surface area contributed by atoms with E-state index in [0.29, 0.717) is 6.42 Å². The minimum atomic E-state index is 0. The van der Waals surface area contributed by atoms with Gasteiger partial charge in [-0.05, 0) is 29.2 Å². The number of hydrogen-bond donors (Lipinski definition) is 1. The minimum Gasteiger partial charge on any atom is -0.333 e. The molecule has 1 aromatic heterocycles. The Morgan fingerprint density at radius 1 is 1.25 bits per heavy atom. The zero-order valence-electron chi connectivity index (χ0n) is 13.9. The Morgan fingerprint density at radius 2 is 2.00 bits per heavy atom. The van der Waals surface area contributed by atoms with Gasteiger partial charge in [-0.1, -0.05) is 37.3 Å². The molecule has 0 aliphatic carbocycles. The highest BCUT2D eigenvalue weighted by molar-refractivity contribution is 5.85. The van der Waals surface area contributed by atoms with Crippen molar-refractivity contribution in [2.45, 2.75) is 25.8 Å². The molecule has 1 amide bonds. The first-order valence-corrected chi connectivity index (χ1v) is 8.26. The molecule has 4 nitrogen and oxygen atoms in total. The highest BCUT2D eigenvalue weighted by atomic mass is 35.5. The maximum Gasteiger partial charge on any atom is 0.227 e. The predicted octanol–water partition coefficient (Wildman–Crippen LogP) is 2.78. The predicted molar refractivity (Wildman–Crippen MR) is 98.3 cm³/mol. The molecule has 1 aromatic carbocycles. The molecule has 1 N–H and O–H groups in total. The number of hydrogen-bond acceptors (Lipinski definition) is 3. The highest BCUT2D eigenvalue weighted by Gasteiger charge is 2.27. The van der Waals surface area contributed by atoms with Crippen LogP contribution < -0.4 is 5.32 Å². The molecule has 1 aliphatic heterocycles. The van der Waals surface area contributed by atoms with Gasteiger partial charge in [0.1, 0.15) is 0 Å². The molecule has 5 heteroatoms. The van der Waals surface area contributed by atoms with Gasteiger partial charge in [-0.2, -0.15) is 0 Å². The fourth-order valence-electron chi connectivity index (χ4n) is 3.04. The van der Waals surface area contributed by atoms with Crippen LogP contribution in [0.5, 0.6) is 0 Å². The van der Waals surface area contributed by atoms with Crippen LogP contribution >= 0.6 is 12.4 Å². The van der Waals surface area contributed by atoms with Gasteiger partial charge in [0.25, 0.3) is 0 Å². The fourth-order valence-corrected chi connectivity index (χ4v) is 3.04. The van der Waals surface area contributed by atoms with Crippen molar-refractivity contribution in [3.63, 3.8) is 0 Å². The highest BCUT2D eigenvalue weighted by Crippen LogP contribution is 2.22. The number of nitrogens with one attached hydrogen (secondary N) is 1. The number of nitrogens with zero attached hydrogens (tertiary/aromatic N) is 2. The molecule has 128 valence electrons. The van der Waals surface area contributed by atoms with Gasteiger partial charge in [-0.25, -0.2) is 0 Å². The number of rotatable bonds is 4. The van der Waals surface area contributed by atoms with Crippen LogP contribution in [0.4, 0.5) is 0 Å². The third-order valence-corrected chi connectivity index (χ3v) is 4.42. The van der Waals surface area contributed by atoms with Gasteiger partial charge in [0.05, 0.1) is 12.5 Å². The van der Waals surface area contributed by atoms with E-state index in [1.54, 1.807) is 6.20 Å². The van der Waals surface area contributed by atoms with Gasteiger partial charge in [-0.3, -0.25) is 9.78 Å². The lowest BCUT2D eigenvalue weighted by Crippen LogP contribution is -2.49. The van der Waals surface area contributed by atoms with Crippen molar-refractivity contribution >= 4 is 18.3 Å². The Morgan fingerprint density at radius 3 is 2.67 bits per heavy atom. The Balaban J connectivity index is 0.00000208. The summed E-state index contributed by atoms with van der Waals surface area (Å²) >= 11 is 0. The van der Waals surface area contributed by atoms with Gasteiger partial charge in [0.15, 0.2) is 0 Å². The molecular weight excluding hydrogens is 322 g/mol. The standard InChI is InChI=1S/C19H23N3O.ClH/c1-2-15-5-7-16(8-6-15)12-19(23)22-11-10-21-14-18(22)17-4-3-9-20-13-17;/h3-9,13,18,21H,2,10-12,14H2,1H3;1H. The SMILES string of the molecule is CCc1ccc(CC(=O)N2CCNCC2c2cccnc2)cc1.Cl. The maximum atomic E-state index is 12.8. The summed E-state index contributed by atoms with van der Waals surface area (Å²) in [6.45, 7) is 4.51. The fraction of sp³-hybridized carbons (Fsp3) is 0.368. The third-order valence-electron chi connectivity index (χ3n) is 4.42. The summed E-state index contributed by atoms with van der Waals surface area (Å²) in [5.41, 5.74) is 3.47. The first kappa shape index (κ1) is 18.4. The molecule has 2 aromatic rings. The number of aryl methyl sites for hydroxylation is 1. The molecule has 24 heavy (non-hydrogen) atoms. The molecule has 1 unspecified atom stereocenters. The normalized spacial score (nSPS) is 17.2. The van der Waals surface area contributed by atoms with Gasteiger partial charge >= 0.3 is 0 Å². The number of benzene rings is 1. The topological polar surface area (TPSA) is 45.2 Å². The molecule has 1 fully saturated rings. The summed E-state index contributed by atoms with van der Waals surface area (Å²) in [5, 5.41) is 3.38. The number of aromatic nitrogens is 1. The van der Waals surface area contributed by atoms with E-state index < -0.39 is 0 Å². The summed E-state index contributed by atoms with van der Waals surface area (Å²) in [6.07, 6.45) is 5.10. The van der Waals surface area contributed by atoms with Crippen LogP contribution in [-0.4, -0.2) is 35.4 Å². The van der Waals surface area contributed by atoms with Gasteiger partial charge in [-0.15, -0.1) is 12.4 Å². The van der Waals surface area contributed by atoms with Crippen LogP contribution in [-0.2, 0) is 17.6 Å². The van der Waals surface area contributed by atoms with E-state index >= 15 is 0 Å². The molecule has 1 atom stereocenters. The molecule has 0 radical (unpaired) electrons. The second kappa shape index (κ2) is 8.81. The number of pyridine rings is 1. The average molecular weight is 346 g/mol. The van der Waals surface area contributed by atoms with Gasteiger partial charge in [0.2, 0.25) is 5.91 Å². The lowest BCUT2D eigenvalue weighted by atomic mass is 10.0. The summed E-state index contributed by atoms with van der Waals surface area (Å²) < 4.78 is 0. The van der Waals surface area contributed by atoms with Crippen LogP contribution in [0.1, 0.15) is 29.7 Å². The smallest absolute Gasteiger partial charge is 0.227 e. The maximum absolute atomic E-state index is 12.8. The van der Waals surface area contributed by atoms with E-state index in [9.17, 15) is 4.79 Å². The first-order chi connectivity index (χ1) is 11.3. The largest absolute Gasteiger partial charge is 0.333 e. The van der Waals surface area contributed by atoms with E-state index in [0.717, 1.165) is 37.2 Å². The first-order valence-electron chi connectivity index (χ1n) is 8.26. The lowest BCUT2D eigenvalue weighted by Gasteiger charge is -2.36. The summed E-state index contributed by atoms with van der Waals surface area (Å²) in [6, 6.07) is 12.4. The zero-order chi connectivity index (χ0) is 16.1. The van der Waals surface area contributed by atoms with Gasteiger partial charge in [0, 0.05) is 32.0 Å². The number of amides is 1. The zero-order valence-corrected chi connectivity index (χ0v) is 14.8. The molecule has 0 saturated carbocycles. The van der Waals surface area contributed by atoms with E-state index in [4.69, 9.17) is 0 Å². The van der Waals surface area contributed by atoms with Crippen molar-refractivity contribution < 1.29 is 4.79 Å². The Bertz CT molecular complexity index is 645. The van der Waals surface area contributed by atoms with Crippen molar-refractivity contribution in [2.24, 2.45) is 0 Å². The summed E-state index contributed by atoms with van der Waals surface area (Å²) in [4.78, 5) is 19.0. The quantitative estimate of drug-likeness (QED) is 0.926. The minimum absolute atomic E-state index is 0. The number of carbonyl (C=O) groups excluding carboxylic acids is 1. The second-order valence-corrected chi connectivity index (χ2v) is 5.94. The number of carbonyl (C=O) groups is 1. The van der Waals surface area contributed by atoms with Crippen molar-refractivity contribution in [3.8, 4) is 0 Å². The van der Waals surface area contributed by atoms with E-state index in [-0.39, 0.29) is 24.4 Å². The Kier molecular flexibility index (Phi) is 6.76. The van der Waals surface area contributed by atoms with Crippen molar-refractivity contribution in [2.75, 3.05) is 19.6 Å². The second-order valence-electron chi connectivity index (χ2n) is 5.94. The third kappa shape index (κ3) is 4.34. The van der Waals surface area contributed by atoms with E-state index in [1.165, 1.54) is 5.56 Å². The van der Waals surface area contributed by atoms with Gasteiger partial charge < -0.3 is 10.2 Å². The number of piperazine rings is 1. The summed E-state index contributed by atoms with van der Waals surface area (Å²) in [5.74, 6) is 0.185. The van der Waals surface area contributed by atoms with Crippen molar-refractivity contribution in [1.29, 1.82) is 0 Å². The van der Waals surface area contributed by atoms with Crippen molar-refractivity contribution in [3.05, 3.63) is 65.5 Å². The molecule has 0 spiro atoms. The Labute approximate surface area is 149 Å². The van der Waals surface area contributed by atoms with Crippen LogP contribution in [0.2, 0.25) is 0 Å². The number of halogens is 1. The molecule has 1 aliphatic rings. The van der Waals surface area contributed by atoms with E-state index in [2.05, 4.69) is 41.5 Å². The summed E-state index contributed by atoms with van der Waals surface area (Å²) in [7, 11) is 0. The van der Waals surface area contributed by atoms with E-state index in [1.807, 2.05) is 23.2 Å². The average Bonchev–Trinajstić information content (AvgIpc) is 2.63. The van der Waals surface area contributed by atoms with Crippen LogP contribution in [0.25, 0.3) is 0 Å². The molecule has 3 rings (SSSR count). The monoisotopic (exact) mass is 345 g/mol. The Hall–Kier alpha value is -1.91. The van der Waals surface area contributed by atoms with Crippen LogP contribution in [0, 0.1) is 0 Å².